The second-order valence-corrected chi connectivity index (χ2v) is 11.7. The number of anilines is 1. The molecule has 0 saturated heterocycles. The van der Waals surface area contributed by atoms with Gasteiger partial charge in [-0.3, -0.25) is 4.72 Å². The summed E-state index contributed by atoms with van der Waals surface area (Å²) in [4.78, 5) is 24.8. The minimum atomic E-state index is -3.92. The monoisotopic (exact) mass is 551 g/mol. The molecule has 34 heavy (non-hydrogen) atoms. The summed E-state index contributed by atoms with van der Waals surface area (Å²) in [5, 5.41) is 0. The molecule has 3 unspecified atom stereocenters. The van der Waals surface area contributed by atoms with Gasteiger partial charge in [0, 0.05) is 10.2 Å². The molecule has 1 aliphatic rings. The Morgan fingerprint density at radius 1 is 1.12 bits per heavy atom. The number of benzene rings is 2. The summed E-state index contributed by atoms with van der Waals surface area (Å²) in [5.74, 6) is -0.237. The number of ether oxygens (including phenoxy) is 2. The highest BCUT2D eigenvalue weighted by atomic mass is 79.9. The highest BCUT2D eigenvalue weighted by molar-refractivity contribution is 9.10. The Balaban J connectivity index is 1.60. The van der Waals surface area contributed by atoms with Gasteiger partial charge >= 0.3 is 11.9 Å². The summed E-state index contributed by atoms with van der Waals surface area (Å²) in [6, 6.07) is 12.1. The maximum Gasteiger partial charge on any atom is 0.344 e. The lowest BCUT2D eigenvalue weighted by Crippen LogP contribution is -2.36. The third-order valence-electron chi connectivity index (χ3n) is 6.04. The molecule has 3 rings (SSSR count). The molecule has 2 aromatic carbocycles. The summed E-state index contributed by atoms with van der Waals surface area (Å²) < 4.78 is 39.5. The zero-order valence-corrected chi connectivity index (χ0v) is 21.9. The number of rotatable bonds is 8. The average molecular weight is 552 g/mol. The van der Waals surface area contributed by atoms with Crippen LogP contribution in [0.15, 0.2) is 57.9 Å². The Morgan fingerprint density at radius 2 is 1.82 bits per heavy atom. The van der Waals surface area contributed by atoms with Crippen LogP contribution in [0.25, 0.3) is 0 Å². The molecule has 1 saturated carbocycles. The van der Waals surface area contributed by atoms with Crippen LogP contribution >= 0.6 is 15.9 Å². The SMILES string of the molecule is CC1CCC(C(C)C)C(OC(=O)COC(=O)c2cccc(S(=O)(=O)Nc3ccc(Br)cc3)c2)C1. The third kappa shape index (κ3) is 7.06. The van der Waals surface area contributed by atoms with E-state index in [4.69, 9.17) is 9.47 Å². The van der Waals surface area contributed by atoms with Crippen molar-refractivity contribution in [3.8, 4) is 0 Å². The molecule has 0 bridgehead atoms. The van der Waals surface area contributed by atoms with Gasteiger partial charge in [0.25, 0.3) is 10.0 Å². The van der Waals surface area contributed by atoms with Crippen molar-refractivity contribution in [3.05, 3.63) is 58.6 Å². The highest BCUT2D eigenvalue weighted by Crippen LogP contribution is 2.35. The molecule has 0 aromatic heterocycles. The van der Waals surface area contributed by atoms with Crippen LogP contribution in [0, 0.1) is 17.8 Å². The van der Waals surface area contributed by atoms with Crippen molar-refractivity contribution in [2.75, 3.05) is 11.3 Å². The molecular formula is C25H30BrNO6S. The summed E-state index contributed by atoms with van der Waals surface area (Å²) in [7, 11) is -3.92. The van der Waals surface area contributed by atoms with Gasteiger partial charge in [-0.1, -0.05) is 49.2 Å². The zero-order chi connectivity index (χ0) is 24.9. The van der Waals surface area contributed by atoms with E-state index in [1.54, 1.807) is 24.3 Å². The Labute approximate surface area is 209 Å². The summed E-state index contributed by atoms with van der Waals surface area (Å²) >= 11 is 3.30. The van der Waals surface area contributed by atoms with Gasteiger partial charge in [-0.2, -0.15) is 0 Å². The molecule has 0 aliphatic heterocycles. The second-order valence-electron chi connectivity index (χ2n) is 9.07. The smallest absolute Gasteiger partial charge is 0.344 e. The minimum Gasteiger partial charge on any atom is -0.460 e. The largest absolute Gasteiger partial charge is 0.460 e. The molecule has 0 spiro atoms. The molecule has 9 heteroatoms. The fraction of sp³-hybridized carbons (Fsp3) is 0.440. The summed E-state index contributed by atoms with van der Waals surface area (Å²) in [5.41, 5.74) is 0.411. The number of esters is 2. The maximum atomic E-state index is 12.7. The van der Waals surface area contributed by atoms with Gasteiger partial charge in [0.2, 0.25) is 0 Å². The Bertz CT molecular complexity index is 1120. The van der Waals surface area contributed by atoms with Crippen molar-refractivity contribution in [1.82, 2.24) is 0 Å². The molecule has 3 atom stereocenters. The first-order chi connectivity index (χ1) is 16.0. The van der Waals surface area contributed by atoms with Crippen LogP contribution in [0.4, 0.5) is 5.69 Å². The minimum absolute atomic E-state index is 0.0258. The predicted octanol–water partition coefficient (Wildman–Crippen LogP) is 5.41. The van der Waals surface area contributed by atoms with Crippen LogP contribution in [0.2, 0.25) is 0 Å². The molecule has 1 fully saturated rings. The number of sulfonamides is 1. The van der Waals surface area contributed by atoms with E-state index in [1.165, 1.54) is 24.3 Å². The fourth-order valence-electron chi connectivity index (χ4n) is 4.18. The predicted molar refractivity (Wildman–Crippen MR) is 133 cm³/mol. The number of carbonyl (C=O) groups excluding carboxylic acids is 2. The van der Waals surface area contributed by atoms with Crippen molar-refractivity contribution in [2.45, 2.75) is 51.0 Å². The zero-order valence-electron chi connectivity index (χ0n) is 19.5. The lowest BCUT2D eigenvalue weighted by molar-refractivity contribution is -0.159. The van der Waals surface area contributed by atoms with Gasteiger partial charge < -0.3 is 9.47 Å². The Kier molecular flexibility index (Phi) is 8.76. The topological polar surface area (TPSA) is 98.8 Å². The van der Waals surface area contributed by atoms with Crippen LogP contribution < -0.4 is 4.72 Å². The Hall–Kier alpha value is -2.39. The summed E-state index contributed by atoms with van der Waals surface area (Å²) in [6.07, 6.45) is 2.73. The highest BCUT2D eigenvalue weighted by Gasteiger charge is 2.33. The first kappa shape index (κ1) is 26.2. The van der Waals surface area contributed by atoms with Gasteiger partial charge in [0.1, 0.15) is 6.10 Å². The van der Waals surface area contributed by atoms with Crippen LogP contribution in [0.1, 0.15) is 50.4 Å². The molecule has 0 amide bonds. The van der Waals surface area contributed by atoms with Gasteiger partial charge in [-0.05, 0) is 73.1 Å². The van der Waals surface area contributed by atoms with Gasteiger partial charge in [0.15, 0.2) is 6.61 Å². The molecule has 2 aromatic rings. The number of nitrogens with one attached hydrogen (secondary N) is 1. The maximum absolute atomic E-state index is 12.7. The lowest BCUT2D eigenvalue weighted by atomic mass is 9.75. The standard InChI is InChI=1S/C25H30BrNO6S/c1-16(2)22-12-7-17(3)13-23(22)33-24(28)15-32-25(29)18-5-4-6-21(14-18)34(30,31)27-20-10-8-19(26)9-11-20/h4-6,8-11,14,16-17,22-23,27H,7,12-13,15H2,1-3H3. The normalized spacial score (nSPS) is 20.6. The quantitative estimate of drug-likeness (QED) is 0.440. The first-order valence-corrected chi connectivity index (χ1v) is 13.6. The van der Waals surface area contributed by atoms with E-state index in [1.807, 2.05) is 0 Å². The van der Waals surface area contributed by atoms with Crippen molar-refractivity contribution in [2.24, 2.45) is 17.8 Å². The number of hydrogen-bond donors (Lipinski definition) is 1. The van der Waals surface area contributed by atoms with Gasteiger partial charge in [-0.25, -0.2) is 18.0 Å². The van der Waals surface area contributed by atoms with E-state index < -0.39 is 28.6 Å². The molecule has 0 radical (unpaired) electrons. The van der Waals surface area contributed by atoms with Crippen molar-refractivity contribution < 1.29 is 27.5 Å². The van der Waals surface area contributed by atoms with E-state index in [2.05, 4.69) is 41.4 Å². The van der Waals surface area contributed by atoms with E-state index in [0.29, 0.717) is 17.5 Å². The van der Waals surface area contributed by atoms with Crippen molar-refractivity contribution >= 4 is 43.6 Å². The van der Waals surface area contributed by atoms with Crippen LogP contribution in [-0.2, 0) is 24.3 Å². The second kappa shape index (κ2) is 11.4. The Morgan fingerprint density at radius 3 is 2.50 bits per heavy atom. The lowest BCUT2D eigenvalue weighted by Gasteiger charge is -2.36. The molecule has 1 N–H and O–H groups in total. The average Bonchev–Trinajstić information content (AvgIpc) is 2.79. The number of hydrogen-bond acceptors (Lipinski definition) is 6. The van der Waals surface area contributed by atoms with Crippen LogP contribution in [0.3, 0.4) is 0 Å². The molecular weight excluding hydrogens is 522 g/mol. The van der Waals surface area contributed by atoms with Gasteiger partial charge in [-0.15, -0.1) is 0 Å². The fourth-order valence-corrected chi connectivity index (χ4v) is 5.55. The molecule has 184 valence electrons. The number of carbonyl (C=O) groups is 2. The summed E-state index contributed by atoms with van der Waals surface area (Å²) in [6.45, 7) is 5.86. The molecule has 1 aliphatic carbocycles. The van der Waals surface area contributed by atoms with E-state index in [0.717, 1.165) is 23.7 Å². The molecule has 7 nitrogen and oxygen atoms in total. The number of halogens is 1. The third-order valence-corrected chi connectivity index (χ3v) is 7.95. The van der Waals surface area contributed by atoms with E-state index >= 15 is 0 Å². The molecule has 0 heterocycles. The first-order valence-electron chi connectivity index (χ1n) is 11.3. The van der Waals surface area contributed by atoms with E-state index in [-0.39, 0.29) is 22.5 Å². The van der Waals surface area contributed by atoms with Crippen molar-refractivity contribution in [1.29, 1.82) is 0 Å². The van der Waals surface area contributed by atoms with Gasteiger partial charge in [0.05, 0.1) is 10.5 Å². The van der Waals surface area contributed by atoms with Crippen LogP contribution in [-0.4, -0.2) is 33.1 Å². The van der Waals surface area contributed by atoms with E-state index in [9.17, 15) is 18.0 Å². The van der Waals surface area contributed by atoms with Crippen molar-refractivity contribution in [3.63, 3.8) is 0 Å². The van der Waals surface area contributed by atoms with Crippen LogP contribution in [0.5, 0.6) is 0 Å².